The Labute approximate surface area is 107 Å². The molecule has 0 saturated heterocycles. The van der Waals surface area contributed by atoms with Crippen LogP contribution in [0, 0.1) is 0 Å². The van der Waals surface area contributed by atoms with Crippen LogP contribution < -0.4 is 16.0 Å². The Bertz CT molecular complexity index is 573. The number of hydrazine groups is 1. The molecule has 96 valence electrons. The number of methoxy groups -OCH3 is 1. The number of pyridine rings is 1. The minimum atomic E-state index is -0.0219. The fourth-order valence-corrected chi connectivity index (χ4v) is 1.96. The van der Waals surface area contributed by atoms with Crippen LogP contribution in [0.25, 0.3) is 10.9 Å². The lowest BCUT2D eigenvalue weighted by molar-refractivity contribution is 0.415. The first kappa shape index (κ1) is 12.6. The zero-order chi connectivity index (χ0) is 13.3. The third-order valence-electron chi connectivity index (χ3n) is 2.97. The van der Waals surface area contributed by atoms with Crippen LogP contribution in [0.5, 0.6) is 5.75 Å². The predicted octanol–water partition coefficient (Wildman–Crippen LogP) is 2.83. The molecule has 0 radical (unpaired) electrons. The monoisotopic (exact) mass is 245 g/mol. The third kappa shape index (κ3) is 2.24. The van der Waals surface area contributed by atoms with Crippen LogP contribution in [0.15, 0.2) is 24.3 Å². The highest BCUT2D eigenvalue weighted by Crippen LogP contribution is 2.31. The number of nitrogens with zero attached hydrogens (tertiary/aromatic N) is 1. The average molecular weight is 245 g/mol. The molecule has 0 bridgehead atoms. The summed E-state index contributed by atoms with van der Waals surface area (Å²) in [6, 6.07) is 7.92. The van der Waals surface area contributed by atoms with Gasteiger partial charge in [-0.2, -0.15) is 0 Å². The van der Waals surface area contributed by atoms with E-state index < -0.39 is 0 Å². The van der Waals surface area contributed by atoms with Crippen molar-refractivity contribution >= 4 is 16.7 Å². The lowest BCUT2D eigenvalue weighted by atomic mass is 9.86. The summed E-state index contributed by atoms with van der Waals surface area (Å²) in [7, 11) is 1.66. The molecule has 1 heterocycles. The molecule has 0 fully saturated rings. The molecule has 18 heavy (non-hydrogen) atoms. The molecule has 0 aliphatic carbocycles. The van der Waals surface area contributed by atoms with E-state index in [4.69, 9.17) is 10.6 Å². The molecule has 1 aromatic heterocycles. The van der Waals surface area contributed by atoms with Gasteiger partial charge in [0.15, 0.2) is 0 Å². The summed E-state index contributed by atoms with van der Waals surface area (Å²) in [4.78, 5) is 4.54. The van der Waals surface area contributed by atoms with Crippen molar-refractivity contribution in [3.8, 4) is 5.75 Å². The highest BCUT2D eigenvalue weighted by Gasteiger charge is 2.19. The molecule has 0 amide bonds. The third-order valence-corrected chi connectivity index (χ3v) is 2.97. The molecule has 4 heteroatoms. The summed E-state index contributed by atoms with van der Waals surface area (Å²) in [6.45, 7) is 6.41. The van der Waals surface area contributed by atoms with E-state index in [-0.39, 0.29) is 5.41 Å². The predicted molar refractivity (Wildman–Crippen MR) is 74.8 cm³/mol. The highest BCUT2D eigenvalue weighted by molar-refractivity contribution is 5.83. The van der Waals surface area contributed by atoms with Gasteiger partial charge in [0.25, 0.3) is 0 Å². The number of aromatic nitrogens is 1. The molecule has 3 N–H and O–H groups in total. The van der Waals surface area contributed by atoms with Gasteiger partial charge in [-0.25, -0.2) is 10.8 Å². The average Bonchev–Trinajstić information content (AvgIpc) is 2.35. The van der Waals surface area contributed by atoms with Crippen LogP contribution >= 0.6 is 0 Å². The first-order valence-electron chi connectivity index (χ1n) is 5.91. The van der Waals surface area contributed by atoms with Gasteiger partial charge in [0.1, 0.15) is 11.6 Å². The number of benzene rings is 1. The molecule has 1 aromatic carbocycles. The number of hydrogen-bond donors (Lipinski definition) is 2. The van der Waals surface area contributed by atoms with Crippen molar-refractivity contribution in [3.05, 3.63) is 29.8 Å². The number of nitrogens with two attached hydrogens (primary N) is 1. The van der Waals surface area contributed by atoms with Gasteiger partial charge in [-0.05, 0) is 29.7 Å². The SMILES string of the molecule is COc1ccc2nc(NN)c(C(C)(C)C)cc2c1. The number of nitrogens with one attached hydrogen (secondary N) is 1. The zero-order valence-corrected chi connectivity index (χ0v) is 11.2. The Hall–Kier alpha value is -1.81. The van der Waals surface area contributed by atoms with Crippen LogP contribution in [-0.4, -0.2) is 12.1 Å². The quantitative estimate of drug-likeness (QED) is 0.631. The molecule has 0 saturated carbocycles. The maximum atomic E-state index is 5.56. The molecular weight excluding hydrogens is 226 g/mol. The molecule has 2 rings (SSSR count). The number of rotatable bonds is 2. The lowest BCUT2D eigenvalue weighted by Gasteiger charge is -2.22. The van der Waals surface area contributed by atoms with Crippen LogP contribution in [0.4, 0.5) is 5.82 Å². The van der Waals surface area contributed by atoms with Gasteiger partial charge >= 0.3 is 0 Å². The van der Waals surface area contributed by atoms with E-state index >= 15 is 0 Å². The normalized spacial score (nSPS) is 11.6. The first-order chi connectivity index (χ1) is 8.45. The summed E-state index contributed by atoms with van der Waals surface area (Å²) < 4.78 is 5.24. The molecule has 2 aromatic rings. The standard InChI is InChI=1S/C14H19N3O/c1-14(2,3)11-8-9-7-10(18-4)5-6-12(9)16-13(11)17-15/h5-8H,15H2,1-4H3,(H,16,17). The Kier molecular flexibility index (Phi) is 3.13. The van der Waals surface area contributed by atoms with E-state index in [2.05, 4.69) is 37.2 Å². The number of fused-ring (bicyclic) bond motifs is 1. The molecule has 0 spiro atoms. The minimum absolute atomic E-state index is 0.0219. The molecule has 0 aliphatic heterocycles. The lowest BCUT2D eigenvalue weighted by Crippen LogP contribution is -2.19. The molecule has 4 nitrogen and oxygen atoms in total. The van der Waals surface area contributed by atoms with Crippen molar-refractivity contribution in [2.45, 2.75) is 26.2 Å². The van der Waals surface area contributed by atoms with Gasteiger partial charge in [-0.15, -0.1) is 0 Å². The van der Waals surface area contributed by atoms with E-state index in [1.54, 1.807) is 7.11 Å². The summed E-state index contributed by atoms with van der Waals surface area (Å²) in [5, 5.41) is 1.05. The van der Waals surface area contributed by atoms with E-state index in [1.807, 2.05) is 18.2 Å². The van der Waals surface area contributed by atoms with Gasteiger partial charge in [-0.3, -0.25) is 0 Å². The van der Waals surface area contributed by atoms with Gasteiger partial charge in [0.05, 0.1) is 12.6 Å². The van der Waals surface area contributed by atoms with Gasteiger partial charge < -0.3 is 10.2 Å². The number of ether oxygens (including phenoxy) is 1. The van der Waals surface area contributed by atoms with Crippen molar-refractivity contribution < 1.29 is 4.74 Å². The number of nitrogen functional groups attached to an aromatic ring is 1. The summed E-state index contributed by atoms with van der Waals surface area (Å²) >= 11 is 0. The van der Waals surface area contributed by atoms with E-state index in [0.29, 0.717) is 0 Å². The molecule has 0 aliphatic rings. The molecule has 0 atom stereocenters. The van der Waals surface area contributed by atoms with Crippen LogP contribution in [-0.2, 0) is 5.41 Å². The van der Waals surface area contributed by atoms with Crippen molar-refractivity contribution in [3.63, 3.8) is 0 Å². The fourth-order valence-electron chi connectivity index (χ4n) is 1.96. The van der Waals surface area contributed by atoms with Crippen LogP contribution in [0.2, 0.25) is 0 Å². The molecular formula is C14H19N3O. The van der Waals surface area contributed by atoms with Crippen molar-refractivity contribution in [1.82, 2.24) is 4.98 Å². The van der Waals surface area contributed by atoms with Gasteiger partial charge in [0, 0.05) is 10.9 Å². The Morgan fingerprint density at radius 2 is 1.94 bits per heavy atom. The second-order valence-electron chi connectivity index (χ2n) is 5.34. The Morgan fingerprint density at radius 3 is 2.50 bits per heavy atom. The second kappa shape index (κ2) is 4.46. The van der Waals surface area contributed by atoms with Crippen molar-refractivity contribution in [2.24, 2.45) is 5.84 Å². The summed E-state index contributed by atoms with van der Waals surface area (Å²) in [5.41, 5.74) is 4.65. The van der Waals surface area contributed by atoms with Crippen molar-refractivity contribution in [1.29, 1.82) is 0 Å². The smallest absolute Gasteiger partial charge is 0.144 e. The second-order valence-corrected chi connectivity index (χ2v) is 5.34. The maximum Gasteiger partial charge on any atom is 0.144 e. The van der Waals surface area contributed by atoms with Crippen LogP contribution in [0.3, 0.4) is 0 Å². The van der Waals surface area contributed by atoms with E-state index in [0.717, 1.165) is 28.0 Å². The number of anilines is 1. The van der Waals surface area contributed by atoms with E-state index in [1.165, 1.54) is 0 Å². The van der Waals surface area contributed by atoms with Crippen molar-refractivity contribution in [2.75, 3.05) is 12.5 Å². The van der Waals surface area contributed by atoms with Gasteiger partial charge in [0.2, 0.25) is 0 Å². The first-order valence-corrected chi connectivity index (χ1v) is 5.91. The topological polar surface area (TPSA) is 60.2 Å². The minimum Gasteiger partial charge on any atom is -0.497 e. The Morgan fingerprint density at radius 1 is 1.22 bits per heavy atom. The Balaban J connectivity index is 2.70. The van der Waals surface area contributed by atoms with Crippen LogP contribution in [0.1, 0.15) is 26.3 Å². The summed E-state index contributed by atoms with van der Waals surface area (Å²) in [5.74, 6) is 7.11. The zero-order valence-electron chi connectivity index (χ0n) is 11.2. The molecule has 0 unspecified atom stereocenters. The highest BCUT2D eigenvalue weighted by atomic mass is 16.5. The maximum absolute atomic E-state index is 5.56. The largest absolute Gasteiger partial charge is 0.497 e. The number of hydrogen-bond acceptors (Lipinski definition) is 4. The van der Waals surface area contributed by atoms with Gasteiger partial charge in [-0.1, -0.05) is 20.8 Å². The summed E-state index contributed by atoms with van der Waals surface area (Å²) in [6.07, 6.45) is 0. The fraction of sp³-hybridized carbons (Fsp3) is 0.357. The van der Waals surface area contributed by atoms with E-state index in [9.17, 15) is 0 Å².